The van der Waals surface area contributed by atoms with Gasteiger partial charge in [0.2, 0.25) is 5.91 Å². The number of benzene rings is 1. The van der Waals surface area contributed by atoms with Crippen LogP contribution in [0.2, 0.25) is 0 Å². The smallest absolute Gasteiger partial charge is 0.238 e. The summed E-state index contributed by atoms with van der Waals surface area (Å²) in [6.45, 7) is 7.72. The Morgan fingerprint density at radius 1 is 1.43 bits per heavy atom. The number of amides is 1. The lowest BCUT2D eigenvalue weighted by molar-refractivity contribution is -0.117. The van der Waals surface area contributed by atoms with Gasteiger partial charge in [0.1, 0.15) is 0 Å². The highest BCUT2D eigenvalue weighted by Gasteiger charge is 2.21. The molecule has 1 aromatic carbocycles. The maximum absolute atomic E-state index is 12.3. The third-order valence-electron chi connectivity index (χ3n) is 4.16. The molecule has 1 amide bonds. The van der Waals surface area contributed by atoms with Crippen molar-refractivity contribution in [2.75, 3.05) is 31.5 Å². The number of aryl methyl sites for hydroxylation is 1. The van der Waals surface area contributed by atoms with E-state index in [0.29, 0.717) is 12.6 Å². The van der Waals surface area contributed by atoms with Crippen molar-refractivity contribution in [1.82, 2.24) is 10.2 Å². The molecule has 1 fully saturated rings. The number of hydrogen-bond donors (Lipinski definition) is 2. The minimum absolute atomic E-state index is 0.0793. The highest BCUT2D eigenvalue weighted by Crippen LogP contribution is 2.13. The van der Waals surface area contributed by atoms with E-state index in [9.17, 15) is 4.79 Å². The molecule has 0 radical (unpaired) electrons. The summed E-state index contributed by atoms with van der Waals surface area (Å²) in [5, 5.41) is 6.43. The molecule has 2 N–H and O–H groups in total. The van der Waals surface area contributed by atoms with E-state index in [2.05, 4.69) is 41.5 Å². The zero-order chi connectivity index (χ0) is 15.1. The Hall–Kier alpha value is -1.39. The first-order chi connectivity index (χ1) is 10.2. The predicted molar refractivity (Wildman–Crippen MR) is 87.6 cm³/mol. The number of piperidine rings is 1. The van der Waals surface area contributed by atoms with E-state index in [1.54, 1.807) is 0 Å². The van der Waals surface area contributed by atoms with Gasteiger partial charge in [0.15, 0.2) is 0 Å². The van der Waals surface area contributed by atoms with Crippen molar-refractivity contribution in [1.29, 1.82) is 0 Å². The van der Waals surface area contributed by atoms with Crippen LogP contribution in [0.4, 0.5) is 5.69 Å². The maximum Gasteiger partial charge on any atom is 0.238 e. The van der Waals surface area contributed by atoms with Gasteiger partial charge in [-0.2, -0.15) is 0 Å². The molecule has 1 unspecified atom stereocenters. The van der Waals surface area contributed by atoms with Crippen molar-refractivity contribution in [2.45, 2.75) is 39.2 Å². The summed E-state index contributed by atoms with van der Waals surface area (Å²) in [5.74, 6) is 0.0793. The topological polar surface area (TPSA) is 44.4 Å². The first-order valence-corrected chi connectivity index (χ1v) is 8.06. The van der Waals surface area contributed by atoms with Crippen LogP contribution in [0, 0.1) is 0 Å². The van der Waals surface area contributed by atoms with E-state index in [4.69, 9.17) is 0 Å². The lowest BCUT2D eigenvalue weighted by atomic mass is 10.1. The molecule has 1 atom stereocenters. The van der Waals surface area contributed by atoms with Crippen molar-refractivity contribution in [3.8, 4) is 0 Å². The maximum atomic E-state index is 12.3. The number of carbonyl (C=O) groups is 1. The number of nitrogens with zero attached hydrogens (tertiary/aromatic N) is 1. The van der Waals surface area contributed by atoms with Crippen LogP contribution in [0.25, 0.3) is 0 Å². The molecule has 1 heterocycles. The Morgan fingerprint density at radius 2 is 2.29 bits per heavy atom. The highest BCUT2D eigenvalue weighted by atomic mass is 16.2. The summed E-state index contributed by atoms with van der Waals surface area (Å²) < 4.78 is 0. The predicted octanol–water partition coefficient (Wildman–Crippen LogP) is 2.26. The summed E-state index contributed by atoms with van der Waals surface area (Å²) in [4.78, 5) is 14.5. The Balaban J connectivity index is 1.89. The Labute approximate surface area is 127 Å². The van der Waals surface area contributed by atoms with Crippen molar-refractivity contribution < 1.29 is 4.79 Å². The normalized spacial score (nSPS) is 18.7. The van der Waals surface area contributed by atoms with Gasteiger partial charge in [0.25, 0.3) is 0 Å². The number of anilines is 1. The van der Waals surface area contributed by atoms with Gasteiger partial charge in [-0.1, -0.05) is 26.0 Å². The van der Waals surface area contributed by atoms with Gasteiger partial charge in [0.05, 0.1) is 6.54 Å². The molecule has 1 aliphatic rings. The lowest BCUT2D eigenvalue weighted by Crippen LogP contribution is -2.48. The van der Waals surface area contributed by atoms with E-state index in [-0.39, 0.29) is 5.91 Å². The first-order valence-electron chi connectivity index (χ1n) is 8.06. The zero-order valence-corrected chi connectivity index (χ0v) is 13.2. The number of nitrogens with one attached hydrogen (secondary N) is 2. The molecule has 0 spiro atoms. The monoisotopic (exact) mass is 289 g/mol. The molecule has 0 aromatic heterocycles. The summed E-state index contributed by atoms with van der Waals surface area (Å²) in [6, 6.07) is 8.57. The zero-order valence-electron chi connectivity index (χ0n) is 13.2. The van der Waals surface area contributed by atoms with Crippen LogP contribution in [0.3, 0.4) is 0 Å². The van der Waals surface area contributed by atoms with Gasteiger partial charge in [-0.05, 0) is 50.0 Å². The Bertz CT molecular complexity index is 455. The number of hydrogen-bond acceptors (Lipinski definition) is 3. The van der Waals surface area contributed by atoms with Crippen LogP contribution < -0.4 is 10.6 Å². The van der Waals surface area contributed by atoms with Crippen LogP contribution in [0.5, 0.6) is 0 Å². The third kappa shape index (κ3) is 4.83. The standard InChI is InChI=1S/C17H27N3O/c1-3-14-7-5-8-15(11-14)19-17(21)13-20(4-2)16-9-6-10-18-12-16/h5,7-8,11,16,18H,3-4,6,9-10,12-13H2,1-2H3,(H,19,21). The van der Waals surface area contributed by atoms with E-state index in [0.717, 1.165) is 31.7 Å². The van der Waals surface area contributed by atoms with Crippen molar-refractivity contribution in [3.63, 3.8) is 0 Å². The molecule has 1 aromatic rings. The van der Waals surface area contributed by atoms with Gasteiger partial charge in [-0.3, -0.25) is 9.69 Å². The molecule has 0 aliphatic carbocycles. The highest BCUT2D eigenvalue weighted by molar-refractivity contribution is 5.92. The molecule has 0 bridgehead atoms. The van der Waals surface area contributed by atoms with E-state index >= 15 is 0 Å². The van der Waals surface area contributed by atoms with E-state index in [1.807, 2.05) is 12.1 Å². The van der Waals surface area contributed by atoms with E-state index < -0.39 is 0 Å². The SMILES string of the molecule is CCc1cccc(NC(=O)CN(CC)C2CCCNC2)c1. The minimum Gasteiger partial charge on any atom is -0.325 e. The summed E-state index contributed by atoms with van der Waals surface area (Å²) in [6.07, 6.45) is 3.36. The van der Waals surface area contributed by atoms with Gasteiger partial charge in [-0.15, -0.1) is 0 Å². The second-order valence-electron chi connectivity index (χ2n) is 5.67. The minimum atomic E-state index is 0.0793. The fraction of sp³-hybridized carbons (Fsp3) is 0.588. The number of likely N-dealkylation sites (N-methyl/N-ethyl adjacent to an activating group) is 1. The van der Waals surface area contributed by atoms with Crippen LogP contribution >= 0.6 is 0 Å². The van der Waals surface area contributed by atoms with Gasteiger partial charge < -0.3 is 10.6 Å². The fourth-order valence-electron chi connectivity index (χ4n) is 2.90. The number of carbonyl (C=O) groups excluding carboxylic acids is 1. The van der Waals surface area contributed by atoms with Crippen LogP contribution in [0.15, 0.2) is 24.3 Å². The molecule has 0 saturated carbocycles. The average molecular weight is 289 g/mol. The molecular formula is C17H27N3O. The van der Waals surface area contributed by atoms with Crippen molar-refractivity contribution >= 4 is 11.6 Å². The second kappa shape index (κ2) is 8.15. The molecule has 21 heavy (non-hydrogen) atoms. The fourth-order valence-corrected chi connectivity index (χ4v) is 2.90. The van der Waals surface area contributed by atoms with Crippen LogP contribution in [-0.4, -0.2) is 43.0 Å². The summed E-state index contributed by atoms with van der Waals surface area (Å²) in [7, 11) is 0. The Kier molecular flexibility index (Phi) is 6.21. The first kappa shape index (κ1) is 16.0. The van der Waals surface area contributed by atoms with E-state index in [1.165, 1.54) is 18.4 Å². The molecule has 1 aliphatic heterocycles. The summed E-state index contributed by atoms with van der Waals surface area (Å²) >= 11 is 0. The van der Waals surface area contributed by atoms with Crippen LogP contribution in [-0.2, 0) is 11.2 Å². The summed E-state index contributed by atoms with van der Waals surface area (Å²) in [5.41, 5.74) is 2.15. The third-order valence-corrected chi connectivity index (χ3v) is 4.16. The van der Waals surface area contributed by atoms with Crippen molar-refractivity contribution in [3.05, 3.63) is 29.8 Å². The Morgan fingerprint density at radius 3 is 2.95 bits per heavy atom. The quantitative estimate of drug-likeness (QED) is 0.844. The molecule has 4 nitrogen and oxygen atoms in total. The molecule has 116 valence electrons. The van der Waals surface area contributed by atoms with Gasteiger partial charge >= 0.3 is 0 Å². The average Bonchev–Trinajstić information content (AvgIpc) is 2.53. The molecular weight excluding hydrogens is 262 g/mol. The molecule has 2 rings (SSSR count). The van der Waals surface area contributed by atoms with Gasteiger partial charge in [0, 0.05) is 18.3 Å². The lowest BCUT2D eigenvalue weighted by Gasteiger charge is -2.33. The largest absolute Gasteiger partial charge is 0.325 e. The molecule has 4 heteroatoms. The molecule has 1 saturated heterocycles. The number of rotatable bonds is 6. The van der Waals surface area contributed by atoms with Crippen molar-refractivity contribution in [2.24, 2.45) is 0 Å². The second-order valence-corrected chi connectivity index (χ2v) is 5.67. The van der Waals surface area contributed by atoms with Gasteiger partial charge in [-0.25, -0.2) is 0 Å². The van der Waals surface area contributed by atoms with Crippen LogP contribution in [0.1, 0.15) is 32.3 Å².